The lowest BCUT2D eigenvalue weighted by molar-refractivity contribution is 0.755. The van der Waals surface area contributed by atoms with Crippen molar-refractivity contribution in [2.75, 3.05) is 0 Å². The fourth-order valence-electron chi connectivity index (χ4n) is 2.46. The lowest BCUT2D eigenvalue weighted by Gasteiger charge is -2.34. The summed E-state index contributed by atoms with van der Waals surface area (Å²) in [4.78, 5) is 0. The molecule has 0 unspecified atom stereocenters. The lowest BCUT2D eigenvalue weighted by atomic mass is 10.1. The van der Waals surface area contributed by atoms with Gasteiger partial charge in [0.1, 0.15) is 12.7 Å². The zero-order valence-corrected chi connectivity index (χ0v) is 14.5. The molecule has 18 heavy (non-hydrogen) atoms. The first-order valence-corrected chi connectivity index (χ1v) is 14.3. The van der Waals surface area contributed by atoms with Gasteiger partial charge in [0.15, 0.2) is 0 Å². The average Bonchev–Trinajstić information content (AvgIpc) is 2.53. The number of hydrogen-bond donors (Lipinski definition) is 0. The standard InChI is InChI=1S/C14H20ClFSi2/c1-10-9-12-11(14(10)16)7-6-8-13(12)17(2,3)18(4,5)15/h6-8H,9H2,1-5H3. The van der Waals surface area contributed by atoms with Gasteiger partial charge in [-0.1, -0.05) is 49.6 Å². The van der Waals surface area contributed by atoms with Gasteiger partial charge in [-0.3, -0.25) is 0 Å². The van der Waals surface area contributed by atoms with Crippen LogP contribution in [0.3, 0.4) is 0 Å². The van der Waals surface area contributed by atoms with Crippen molar-refractivity contribution in [3.8, 4) is 0 Å². The van der Waals surface area contributed by atoms with E-state index in [-0.39, 0.29) is 5.83 Å². The van der Waals surface area contributed by atoms with Gasteiger partial charge in [-0.2, -0.15) is 11.1 Å². The lowest BCUT2D eigenvalue weighted by Crippen LogP contribution is -2.60. The summed E-state index contributed by atoms with van der Waals surface area (Å²) in [5.41, 5.74) is 2.86. The molecule has 0 heterocycles. The van der Waals surface area contributed by atoms with Gasteiger partial charge in [0.2, 0.25) is 0 Å². The van der Waals surface area contributed by atoms with Crippen LogP contribution in [0, 0.1) is 0 Å². The van der Waals surface area contributed by atoms with E-state index in [0.717, 1.165) is 17.6 Å². The molecule has 0 fully saturated rings. The van der Waals surface area contributed by atoms with Crippen LogP contribution in [0.25, 0.3) is 5.83 Å². The molecule has 0 saturated carbocycles. The second-order valence-corrected chi connectivity index (χ2v) is 24.2. The Morgan fingerprint density at radius 2 is 1.78 bits per heavy atom. The van der Waals surface area contributed by atoms with E-state index >= 15 is 0 Å². The zero-order chi connectivity index (χ0) is 13.7. The monoisotopic (exact) mass is 298 g/mol. The molecule has 0 amide bonds. The third-order valence-electron chi connectivity index (χ3n) is 4.39. The first kappa shape index (κ1) is 14.0. The fraction of sp³-hybridized carbons (Fsp3) is 0.429. The summed E-state index contributed by atoms with van der Waals surface area (Å²) in [6.45, 7) is 9.23. The molecule has 0 aliphatic heterocycles. The predicted octanol–water partition coefficient (Wildman–Crippen LogP) is 4.38. The molecule has 0 aromatic heterocycles. The highest BCUT2D eigenvalue weighted by Gasteiger charge is 2.43. The van der Waals surface area contributed by atoms with E-state index in [1.807, 2.05) is 19.1 Å². The molecular weight excluding hydrogens is 279 g/mol. The molecule has 98 valence electrons. The largest absolute Gasteiger partial charge is 0.206 e. The topological polar surface area (TPSA) is 0 Å². The Bertz CT molecular complexity index is 527. The highest BCUT2D eigenvalue weighted by molar-refractivity contribution is 7.61. The van der Waals surface area contributed by atoms with E-state index < -0.39 is 14.5 Å². The summed E-state index contributed by atoms with van der Waals surface area (Å²) in [5, 5.41) is 1.36. The summed E-state index contributed by atoms with van der Waals surface area (Å²) in [7, 11) is -1.69. The Morgan fingerprint density at radius 1 is 1.17 bits per heavy atom. The normalized spacial score (nSPS) is 16.2. The molecular formula is C14H20ClFSi2. The summed E-state index contributed by atoms with van der Waals surface area (Å²) in [5.74, 6) is -0.0225. The van der Waals surface area contributed by atoms with Gasteiger partial charge < -0.3 is 0 Å². The third kappa shape index (κ3) is 2.02. The number of rotatable bonds is 2. The van der Waals surface area contributed by atoms with E-state index in [4.69, 9.17) is 11.1 Å². The van der Waals surface area contributed by atoms with E-state index in [1.54, 1.807) is 0 Å². The third-order valence-corrected chi connectivity index (χ3v) is 23.2. The van der Waals surface area contributed by atoms with Gasteiger partial charge in [0.05, 0.1) is 7.59 Å². The minimum atomic E-state index is -1.74. The Balaban J connectivity index is 2.60. The maximum atomic E-state index is 14.0. The van der Waals surface area contributed by atoms with Crippen molar-refractivity contribution in [1.82, 2.24) is 0 Å². The molecule has 0 bridgehead atoms. The predicted molar refractivity (Wildman–Crippen MR) is 84.3 cm³/mol. The molecule has 0 nitrogen and oxygen atoms in total. The first-order chi connectivity index (χ1) is 8.16. The van der Waals surface area contributed by atoms with Crippen molar-refractivity contribution in [3.63, 3.8) is 0 Å². The van der Waals surface area contributed by atoms with E-state index in [1.165, 1.54) is 10.8 Å². The molecule has 1 aliphatic rings. The van der Waals surface area contributed by atoms with Crippen molar-refractivity contribution >= 4 is 36.6 Å². The minimum Gasteiger partial charge on any atom is -0.206 e. The van der Waals surface area contributed by atoms with Crippen LogP contribution in [-0.4, -0.2) is 14.5 Å². The van der Waals surface area contributed by atoms with E-state index in [2.05, 4.69) is 32.3 Å². The summed E-state index contributed by atoms with van der Waals surface area (Å²) in [6.07, 6.45) is 0.759. The van der Waals surface area contributed by atoms with Gasteiger partial charge in [-0.25, -0.2) is 4.39 Å². The van der Waals surface area contributed by atoms with Crippen molar-refractivity contribution in [3.05, 3.63) is 34.9 Å². The Kier molecular flexibility index (Phi) is 3.37. The Labute approximate surface area is 115 Å². The Morgan fingerprint density at radius 3 is 2.33 bits per heavy atom. The minimum absolute atomic E-state index is 0.0225. The maximum absolute atomic E-state index is 14.0. The molecule has 0 saturated heterocycles. The summed E-state index contributed by atoms with van der Waals surface area (Å²) in [6, 6.07) is 6.06. The van der Waals surface area contributed by atoms with Crippen LogP contribution in [-0.2, 0) is 6.42 Å². The molecule has 1 aromatic carbocycles. The van der Waals surface area contributed by atoms with Crippen LogP contribution in [0.4, 0.5) is 4.39 Å². The van der Waals surface area contributed by atoms with Gasteiger partial charge in [-0.15, -0.1) is 0 Å². The summed E-state index contributed by atoms with van der Waals surface area (Å²) >= 11 is 6.73. The van der Waals surface area contributed by atoms with Crippen LogP contribution in [0.15, 0.2) is 23.8 Å². The molecule has 1 aromatic rings. The van der Waals surface area contributed by atoms with Crippen molar-refractivity contribution in [2.24, 2.45) is 0 Å². The van der Waals surface area contributed by atoms with Crippen LogP contribution in [0.1, 0.15) is 18.1 Å². The fourth-order valence-corrected chi connectivity index (χ4v) is 8.13. The van der Waals surface area contributed by atoms with Crippen molar-refractivity contribution in [2.45, 2.75) is 39.5 Å². The summed E-state index contributed by atoms with van der Waals surface area (Å²) < 4.78 is 14.0. The van der Waals surface area contributed by atoms with Gasteiger partial charge in [0, 0.05) is 5.56 Å². The average molecular weight is 299 g/mol. The van der Waals surface area contributed by atoms with E-state index in [9.17, 15) is 4.39 Å². The molecule has 0 spiro atoms. The van der Waals surface area contributed by atoms with Crippen LogP contribution >= 0.6 is 11.1 Å². The molecule has 2 rings (SSSR count). The molecule has 0 N–H and O–H groups in total. The smallest absolute Gasteiger partial charge is 0.146 e. The zero-order valence-electron chi connectivity index (χ0n) is 11.7. The number of allylic oxidation sites excluding steroid dienone is 1. The second-order valence-electron chi connectivity index (χ2n) is 6.20. The molecule has 0 atom stereocenters. The Hall–Kier alpha value is -0.386. The number of hydrogen-bond acceptors (Lipinski definition) is 0. The van der Waals surface area contributed by atoms with Crippen LogP contribution in [0.2, 0.25) is 26.2 Å². The van der Waals surface area contributed by atoms with Gasteiger partial charge >= 0.3 is 0 Å². The number of benzene rings is 1. The molecule has 4 heteroatoms. The highest BCUT2D eigenvalue weighted by atomic mass is 35.6. The highest BCUT2D eigenvalue weighted by Crippen LogP contribution is 2.35. The maximum Gasteiger partial charge on any atom is 0.146 e. The van der Waals surface area contributed by atoms with Crippen molar-refractivity contribution < 1.29 is 4.39 Å². The molecule has 0 radical (unpaired) electrons. The van der Waals surface area contributed by atoms with Crippen molar-refractivity contribution in [1.29, 1.82) is 0 Å². The number of fused-ring (bicyclic) bond motifs is 1. The van der Waals surface area contributed by atoms with Gasteiger partial charge in [-0.05, 0) is 24.5 Å². The van der Waals surface area contributed by atoms with E-state index in [0.29, 0.717) is 0 Å². The van der Waals surface area contributed by atoms with Crippen LogP contribution in [0.5, 0.6) is 0 Å². The first-order valence-electron chi connectivity index (χ1n) is 6.33. The van der Waals surface area contributed by atoms with Gasteiger partial charge in [0.25, 0.3) is 0 Å². The quantitative estimate of drug-likeness (QED) is 0.561. The molecule has 1 aliphatic carbocycles. The van der Waals surface area contributed by atoms with Crippen LogP contribution < -0.4 is 5.19 Å². The SMILES string of the molecule is CC1=C(F)c2cccc([Si](C)(C)[Si](C)(C)Cl)c2C1. The number of halogens is 2. The second kappa shape index (κ2) is 4.32.